The third kappa shape index (κ3) is 4.03. The number of nitrogens with zero attached hydrogens (tertiary/aromatic N) is 2. The third-order valence-electron chi connectivity index (χ3n) is 2.44. The van der Waals surface area contributed by atoms with Gasteiger partial charge in [-0.3, -0.25) is 4.79 Å². The summed E-state index contributed by atoms with van der Waals surface area (Å²) >= 11 is 1.61. The van der Waals surface area contributed by atoms with E-state index in [0.29, 0.717) is 18.1 Å². The number of thiophene rings is 1. The van der Waals surface area contributed by atoms with Crippen LogP contribution in [0.2, 0.25) is 0 Å². The van der Waals surface area contributed by atoms with Crippen molar-refractivity contribution >= 4 is 23.1 Å². The lowest BCUT2D eigenvalue weighted by Gasteiger charge is -2.05. The van der Waals surface area contributed by atoms with Crippen molar-refractivity contribution in [2.75, 3.05) is 11.9 Å². The van der Waals surface area contributed by atoms with E-state index in [4.69, 9.17) is 0 Å². The Morgan fingerprint density at radius 3 is 2.89 bits per heavy atom. The van der Waals surface area contributed by atoms with Crippen molar-refractivity contribution in [3.05, 3.63) is 40.5 Å². The largest absolute Gasteiger partial charge is 0.369 e. The molecule has 0 unspecified atom stereocenters. The van der Waals surface area contributed by atoms with Gasteiger partial charge in [0.2, 0.25) is 0 Å². The number of carbonyl (C=O) groups excluding carboxylic acids is 1. The van der Waals surface area contributed by atoms with Crippen LogP contribution in [0.25, 0.3) is 0 Å². The van der Waals surface area contributed by atoms with Gasteiger partial charge in [0.25, 0.3) is 5.91 Å². The number of aromatic nitrogens is 2. The number of rotatable bonds is 6. The van der Waals surface area contributed by atoms with Crippen LogP contribution in [-0.2, 0) is 6.54 Å². The molecule has 2 heterocycles. The summed E-state index contributed by atoms with van der Waals surface area (Å²) in [6, 6.07) is 3.94. The van der Waals surface area contributed by atoms with Gasteiger partial charge >= 0.3 is 0 Å². The van der Waals surface area contributed by atoms with Crippen molar-refractivity contribution < 1.29 is 4.79 Å². The van der Waals surface area contributed by atoms with E-state index in [9.17, 15) is 4.79 Å². The van der Waals surface area contributed by atoms with Crippen LogP contribution in [0.5, 0.6) is 0 Å². The molecular formula is C13H16N4OS. The summed E-state index contributed by atoms with van der Waals surface area (Å²) < 4.78 is 0. The second-order valence-corrected chi connectivity index (χ2v) is 5.01. The Morgan fingerprint density at radius 1 is 1.37 bits per heavy atom. The van der Waals surface area contributed by atoms with Gasteiger partial charge in [-0.05, 0) is 17.9 Å². The molecule has 1 amide bonds. The molecule has 6 heteroatoms. The lowest BCUT2D eigenvalue weighted by atomic mass is 10.4. The van der Waals surface area contributed by atoms with Gasteiger partial charge in [-0.2, -0.15) is 0 Å². The zero-order valence-corrected chi connectivity index (χ0v) is 11.5. The van der Waals surface area contributed by atoms with Crippen molar-refractivity contribution in [3.8, 4) is 0 Å². The van der Waals surface area contributed by atoms with Crippen molar-refractivity contribution in [2.24, 2.45) is 0 Å². The van der Waals surface area contributed by atoms with Gasteiger partial charge in [-0.1, -0.05) is 13.0 Å². The van der Waals surface area contributed by atoms with Gasteiger partial charge in [0.05, 0.1) is 18.9 Å². The molecule has 0 aliphatic carbocycles. The summed E-state index contributed by atoms with van der Waals surface area (Å²) in [5.41, 5.74) is 0.332. The molecule has 0 saturated heterocycles. The van der Waals surface area contributed by atoms with Crippen molar-refractivity contribution in [1.82, 2.24) is 15.3 Å². The molecule has 0 saturated carbocycles. The molecule has 2 aromatic heterocycles. The molecule has 2 aromatic rings. The number of carbonyl (C=O) groups is 1. The lowest BCUT2D eigenvalue weighted by Crippen LogP contribution is -2.23. The molecule has 5 nitrogen and oxygen atoms in total. The Morgan fingerprint density at radius 2 is 2.26 bits per heavy atom. The molecule has 0 atom stereocenters. The maximum absolute atomic E-state index is 11.8. The smallest absolute Gasteiger partial charge is 0.271 e. The van der Waals surface area contributed by atoms with Crippen LogP contribution >= 0.6 is 11.3 Å². The Bertz CT molecular complexity index is 510. The van der Waals surface area contributed by atoms with Crippen LogP contribution in [0.3, 0.4) is 0 Å². The van der Waals surface area contributed by atoms with Gasteiger partial charge in [0.15, 0.2) is 0 Å². The van der Waals surface area contributed by atoms with Crippen LogP contribution < -0.4 is 10.6 Å². The Hall–Kier alpha value is -1.95. The SMILES string of the molecule is CCCNc1cnc(C(=O)NCc2cccs2)cn1. The predicted molar refractivity (Wildman–Crippen MR) is 76.3 cm³/mol. The van der Waals surface area contributed by atoms with Gasteiger partial charge in [-0.15, -0.1) is 11.3 Å². The fourth-order valence-corrected chi connectivity index (χ4v) is 2.11. The summed E-state index contributed by atoms with van der Waals surface area (Å²) in [5.74, 6) is 0.486. The first kappa shape index (κ1) is 13.5. The number of anilines is 1. The van der Waals surface area contributed by atoms with Crippen LogP contribution in [0.4, 0.5) is 5.82 Å². The van der Waals surface area contributed by atoms with E-state index in [2.05, 4.69) is 27.5 Å². The first-order valence-electron chi connectivity index (χ1n) is 6.16. The summed E-state index contributed by atoms with van der Waals surface area (Å²) in [7, 11) is 0. The molecule has 0 radical (unpaired) electrons. The molecular weight excluding hydrogens is 260 g/mol. The van der Waals surface area contributed by atoms with Crippen LogP contribution in [0, 0.1) is 0 Å². The minimum Gasteiger partial charge on any atom is -0.369 e. The molecule has 0 aromatic carbocycles. The van der Waals surface area contributed by atoms with Gasteiger partial charge in [0, 0.05) is 11.4 Å². The Kier molecular flexibility index (Phi) is 4.85. The normalized spacial score (nSPS) is 10.2. The van der Waals surface area contributed by atoms with Gasteiger partial charge in [0.1, 0.15) is 11.5 Å². The highest BCUT2D eigenvalue weighted by Gasteiger charge is 2.07. The van der Waals surface area contributed by atoms with Crippen molar-refractivity contribution in [3.63, 3.8) is 0 Å². The molecule has 0 bridgehead atoms. The minimum absolute atomic E-state index is 0.206. The lowest BCUT2D eigenvalue weighted by molar-refractivity contribution is 0.0946. The molecule has 2 N–H and O–H groups in total. The average Bonchev–Trinajstić information content (AvgIpc) is 2.96. The number of nitrogens with one attached hydrogen (secondary N) is 2. The van der Waals surface area contributed by atoms with E-state index < -0.39 is 0 Å². The van der Waals surface area contributed by atoms with E-state index in [1.165, 1.54) is 6.20 Å². The molecule has 0 fully saturated rings. The Balaban J connectivity index is 1.88. The molecule has 0 spiro atoms. The summed E-state index contributed by atoms with van der Waals surface area (Å²) in [5, 5.41) is 7.91. The topological polar surface area (TPSA) is 66.9 Å². The quantitative estimate of drug-likeness (QED) is 0.849. The maximum Gasteiger partial charge on any atom is 0.271 e. The first-order valence-corrected chi connectivity index (χ1v) is 7.04. The maximum atomic E-state index is 11.8. The van der Waals surface area contributed by atoms with E-state index >= 15 is 0 Å². The fraction of sp³-hybridized carbons (Fsp3) is 0.308. The second-order valence-electron chi connectivity index (χ2n) is 3.98. The summed E-state index contributed by atoms with van der Waals surface area (Å²) in [6.45, 7) is 3.44. The number of hydrogen-bond donors (Lipinski definition) is 2. The Labute approximate surface area is 116 Å². The first-order chi connectivity index (χ1) is 9.29. The average molecular weight is 276 g/mol. The predicted octanol–water partition coefficient (Wildman–Crippen LogP) is 2.29. The summed E-state index contributed by atoms with van der Waals surface area (Å²) in [4.78, 5) is 21.2. The zero-order chi connectivity index (χ0) is 13.5. The third-order valence-corrected chi connectivity index (χ3v) is 3.32. The van der Waals surface area contributed by atoms with E-state index in [-0.39, 0.29) is 5.91 Å². The highest BCUT2D eigenvalue weighted by Crippen LogP contribution is 2.08. The highest BCUT2D eigenvalue weighted by atomic mass is 32.1. The van der Waals surface area contributed by atoms with E-state index in [1.54, 1.807) is 17.5 Å². The van der Waals surface area contributed by atoms with Gasteiger partial charge < -0.3 is 10.6 Å². The number of hydrogen-bond acceptors (Lipinski definition) is 5. The summed E-state index contributed by atoms with van der Waals surface area (Å²) in [6.07, 6.45) is 4.09. The van der Waals surface area contributed by atoms with Crippen LogP contribution in [-0.4, -0.2) is 22.4 Å². The standard InChI is InChI=1S/C13H16N4OS/c1-2-5-14-12-9-15-11(8-16-12)13(18)17-7-10-4-3-6-19-10/h3-4,6,8-9H,2,5,7H2,1H3,(H,14,16)(H,17,18). The molecule has 100 valence electrons. The van der Waals surface area contributed by atoms with E-state index in [0.717, 1.165) is 17.8 Å². The fourth-order valence-electron chi connectivity index (χ4n) is 1.46. The molecule has 2 rings (SSSR count). The second kappa shape index (κ2) is 6.84. The molecule has 19 heavy (non-hydrogen) atoms. The molecule has 0 aliphatic rings. The number of amides is 1. The minimum atomic E-state index is -0.206. The van der Waals surface area contributed by atoms with Crippen LogP contribution in [0.15, 0.2) is 29.9 Å². The van der Waals surface area contributed by atoms with Crippen LogP contribution in [0.1, 0.15) is 28.7 Å². The van der Waals surface area contributed by atoms with Gasteiger partial charge in [-0.25, -0.2) is 9.97 Å². The van der Waals surface area contributed by atoms with Crippen molar-refractivity contribution in [2.45, 2.75) is 19.9 Å². The van der Waals surface area contributed by atoms with E-state index in [1.807, 2.05) is 17.5 Å². The monoisotopic (exact) mass is 276 g/mol. The highest BCUT2D eigenvalue weighted by molar-refractivity contribution is 7.09. The molecule has 0 aliphatic heterocycles. The van der Waals surface area contributed by atoms with Crippen molar-refractivity contribution in [1.29, 1.82) is 0 Å². The zero-order valence-electron chi connectivity index (χ0n) is 10.7.